The third-order valence-electron chi connectivity index (χ3n) is 4.46. The molecule has 0 unspecified atom stereocenters. The maximum atomic E-state index is 12.5. The van der Waals surface area contributed by atoms with Gasteiger partial charge in [0.1, 0.15) is 0 Å². The van der Waals surface area contributed by atoms with Crippen LogP contribution in [0.1, 0.15) is 24.5 Å². The number of benzene rings is 1. The van der Waals surface area contributed by atoms with Crippen molar-refractivity contribution < 1.29 is 19.1 Å². The molecule has 136 valence electrons. The van der Waals surface area contributed by atoms with Gasteiger partial charge in [-0.3, -0.25) is 9.59 Å². The van der Waals surface area contributed by atoms with E-state index in [1.54, 1.807) is 25.2 Å². The van der Waals surface area contributed by atoms with E-state index in [2.05, 4.69) is 6.58 Å². The summed E-state index contributed by atoms with van der Waals surface area (Å²) >= 11 is 0. The summed E-state index contributed by atoms with van der Waals surface area (Å²) in [5, 5.41) is 0. The Morgan fingerprint density at radius 2 is 1.88 bits per heavy atom. The Morgan fingerprint density at radius 1 is 1.24 bits per heavy atom. The number of carbonyl (C=O) groups is 2. The third kappa shape index (κ3) is 4.53. The van der Waals surface area contributed by atoms with Crippen LogP contribution in [0.3, 0.4) is 0 Å². The van der Waals surface area contributed by atoms with Crippen LogP contribution in [0.4, 0.5) is 0 Å². The molecule has 0 N–H and O–H groups in total. The number of carbonyl (C=O) groups excluding carboxylic acids is 2. The largest absolute Gasteiger partial charge is 0.493 e. The van der Waals surface area contributed by atoms with Gasteiger partial charge in [-0.1, -0.05) is 6.08 Å². The summed E-state index contributed by atoms with van der Waals surface area (Å²) in [6.07, 6.45) is 2.77. The highest BCUT2D eigenvalue weighted by molar-refractivity contribution is 5.78. The van der Waals surface area contributed by atoms with Gasteiger partial charge in [0, 0.05) is 39.5 Å². The molecule has 0 atom stereocenters. The molecule has 0 saturated heterocycles. The van der Waals surface area contributed by atoms with Gasteiger partial charge in [-0.2, -0.15) is 0 Å². The highest BCUT2D eigenvalue weighted by Crippen LogP contribution is 2.33. The Labute approximate surface area is 149 Å². The van der Waals surface area contributed by atoms with Gasteiger partial charge in [0.15, 0.2) is 11.5 Å². The van der Waals surface area contributed by atoms with Gasteiger partial charge < -0.3 is 19.3 Å². The second-order valence-corrected chi connectivity index (χ2v) is 6.04. The predicted octanol–water partition coefficient (Wildman–Crippen LogP) is 2.01. The van der Waals surface area contributed by atoms with E-state index in [1.807, 2.05) is 17.0 Å². The highest BCUT2D eigenvalue weighted by Gasteiger charge is 2.23. The van der Waals surface area contributed by atoms with Crippen LogP contribution in [0.2, 0.25) is 0 Å². The fourth-order valence-corrected chi connectivity index (χ4v) is 3.02. The number of nitrogens with zero attached hydrogens (tertiary/aromatic N) is 2. The Balaban J connectivity index is 2.02. The van der Waals surface area contributed by atoms with Crippen LogP contribution in [0, 0.1) is 0 Å². The average Bonchev–Trinajstić information content (AvgIpc) is 2.62. The molecule has 1 aromatic rings. The van der Waals surface area contributed by atoms with Crippen LogP contribution in [-0.2, 0) is 22.6 Å². The number of ether oxygens (including phenoxy) is 2. The maximum absolute atomic E-state index is 12.5. The molecule has 6 heteroatoms. The number of hydrogen-bond acceptors (Lipinski definition) is 4. The second kappa shape index (κ2) is 8.55. The molecular weight excluding hydrogens is 320 g/mol. The number of amides is 2. The fraction of sp³-hybridized carbons (Fsp3) is 0.474. The maximum Gasteiger partial charge on any atom is 0.224 e. The summed E-state index contributed by atoms with van der Waals surface area (Å²) in [7, 11) is 3.22. The molecule has 1 heterocycles. The first-order valence-electron chi connectivity index (χ1n) is 8.38. The van der Waals surface area contributed by atoms with Crippen LogP contribution < -0.4 is 9.47 Å². The molecule has 6 nitrogen and oxygen atoms in total. The molecule has 2 rings (SSSR count). The monoisotopic (exact) mass is 346 g/mol. The second-order valence-electron chi connectivity index (χ2n) is 6.04. The highest BCUT2D eigenvalue weighted by atomic mass is 16.5. The summed E-state index contributed by atoms with van der Waals surface area (Å²) in [4.78, 5) is 27.5. The van der Waals surface area contributed by atoms with E-state index in [9.17, 15) is 9.59 Å². The van der Waals surface area contributed by atoms with Crippen molar-refractivity contribution >= 4 is 11.8 Å². The van der Waals surface area contributed by atoms with E-state index in [0.717, 1.165) is 12.0 Å². The lowest BCUT2D eigenvalue weighted by Crippen LogP contribution is -2.39. The van der Waals surface area contributed by atoms with Crippen molar-refractivity contribution in [3.63, 3.8) is 0 Å². The molecule has 1 aliphatic rings. The Hall–Kier alpha value is -2.50. The van der Waals surface area contributed by atoms with E-state index in [4.69, 9.17) is 9.47 Å². The van der Waals surface area contributed by atoms with Crippen LogP contribution in [0.5, 0.6) is 11.5 Å². The SMILES string of the molecule is C=CCN(CCC(=O)N1CCc2cc(OC)c(OC)cc2C1)C(C)=O. The number of rotatable bonds is 7. The number of methoxy groups -OCH3 is 2. The molecule has 1 aliphatic heterocycles. The van der Waals surface area contributed by atoms with E-state index < -0.39 is 0 Å². The van der Waals surface area contributed by atoms with Gasteiger partial charge in [-0.15, -0.1) is 6.58 Å². The van der Waals surface area contributed by atoms with E-state index in [0.29, 0.717) is 44.1 Å². The summed E-state index contributed by atoms with van der Waals surface area (Å²) < 4.78 is 10.7. The smallest absolute Gasteiger partial charge is 0.224 e. The van der Waals surface area contributed by atoms with E-state index in [-0.39, 0.29) is 11.8 Å². The Morgan fingerprint density at radius 3 is 2.44 bits per heavy atom. The van der Waals surface area contributed by atoms with Crippen LogP contribution in [0.25, 0.3) is 0 Å². The van der Waals surface area contributed by atoms with Gasteiger partial charge in [0.05, 0.1) is 14.2 Å². The Bertz CT molecular complexity index is 657. The van der Waals surface area contributed by atoms with Crippen molar-refractivity contribution in [2.24, 2.45) is 0 Å². The van der Waals surface area contributed by atoms with Gasteiger partial charge in [0.2, 0.25) is 11.8 Å². The zero-order chi connectivity index (χ0) is 18.4. The van der Waals surface area contributed by atoms with Crippen molar-refractivity contribution in [3.05, 3.63) is 35.9 Å². The molecule has 0 saturated carbocycles. The third-order valence-corrected chi connectivity index (χ3v) is 4.46. The van der Waals surface area contributed by atoms with Crippen LogP contribution in [-0.4, -0.2) is 55.5 Å². The van der Waals surface area contributed by atoms with Gasteiger partial charge in [-0.25, -0.2) is 0 Å². The standard InChI is InChI=1S/C19H26N2O4/c1-5-8-20(14(2)22)10-7-19(23)21-9-6-15-11-17(24-3)18(25-4)12-16(15)13-21/h5,11-12H,1,6-10,13H2,2-4H3. The molecule has 0 radical (unpaired) electrons. The lowest BCUT2D eigenvalue weighted by molar-refractivity contribution is -0.133. The summed E-state index contributed by atoms with van der Waals surface area (Å²) in [6, 6.07) is 3.92. The first-order chi connectivity index (χ1) is 12.0. The summed E-state index contributed by atoms with van der Waals surface area (Å²) in [5.41, 5.74) is 2.26. The van der Waals surface area contributed by atoms with Crippen molar-refractivity contribution in [2.75, 3.05) is 33.9 Å². The molecule has 0 spiro atoms. The van der Waals surface area contributed by atoms with Crippen LogP contribution >= 0.6 is 0 Å². The molecule has 0 bridgehead atoms. The molecule has 0 fully saturated rings. The van der Waals surface area contributed by atoms with E-state index in [1.165, 1.54) is 12.5 Å². The van der Waals surface area contributed by atoms with Crippen molar-refractivity contribution in [1.29, 1.82) is 0 Å². The molecule has 1 aromatic carbocycles. The average molecular weight is 346 g/mol. The van der Waals surface area contributed by atoms with Crippen LogP contribution in [0.15, 0.2) is 24.8 Å². The number of fused-ring (bicyclic) bond motifs is 1. The quantitative estimate of drug-likeness (QED) is 0.709. The topological polar surface area (TPSA) is 59.1 Å². The van der Waals surface area contributed by atoms with Gasteiger partial charge in [-0.05, 0) is 29.7 Å². The lowest BCUT2D eigenvalue weighted by Gasteiger charge is -2.30. The predicted molar refractivity (Wildman–Crippen MR) is 95.7 cm³/mol. The fourth-order valence-electron chi connectivity index (χ4n) is 3.02. The first kappa shape index (κ1) is 18.8. The minimum Gasteiger partial charge on any atom is -0.493 e. The minimum absolute atomic E-state index is 0.0477. The summed E-state index contributed by atoms with van der Waals surface area (Å²) in [6.45, 7) is 7.24. The molecular formula is C19H26N2O4. The van der Waals surface area contributed by atoms with Gasteiger partial charge in [0.25, 0.3) is 0 Å². The molecule has 0 aromatic heterocycles. The zero-order valence-corrected chi connectivity index (χ0v) is 15.2. The first-order valence-corrected chi connectivity index (χ1v) is 8.38. The molecule has 0 aliphatic carbocycles. The van der Waals surface area contributed by atoms with Crippen molar-refractivity contribution in [2.45, 2.75) is 26.3 Å². The molecule has 25 heavy (non-hydrogen) atoms. The molecule has 2 amide bonds. The summed E-state index contributed by atoms with van der Waals surface area (Å²) in [5.74, 6) is 1.39. The van der Waals surface area contributed by atoms with Crippen molar-refractivity contribution in [1.82, 2.24) is 9.80 Å². The van der Waals surface area contributed by atoms with E-state index >= 15 is 0 Å². The Kier molecular flexibility index (Phi) is 6.44. The zero-order valence-electron chi connectivity index (χ0n) is 15.2. The number of hydrogen-bond donors (Lipinski definition) is 0. The van der Waals surface area contributed by atoms with Crippen molar-refractivity contribution in [3.8, 4) is 11.5 Å². The van der Waals surface area contributed by atoms with Gasteiger partial charge >= 0.3 is 0 Å². The normalized spacial score (nSPS) is 13.0. The minimum atomic E-state index is -0.0477. The lowest BCUT2D eigenvalue weighted by atomic mass is 9.98.